The summed E-state index contributed by atoms with van der Waals surface area (Å²) < 4.78 is 27.0. The smallest absolute Gasteiger partial charge is 0.347 e. The summed E-state index contributed by atoms with van der Waals surface area (Å²) in [5, 5.41) is 12.7. The van der Waals surface area contributed by atoms with Gasteiger partial charge in [0.05, 0.1) is 0 Å². The summed E-state index contributed by atoms with van der Waals surface area (Å²) in [6, 6.07) is 1.93. The van der Waals surface area contributed by atoms with Gasteiger partial charge in [-0.05, 0) is 41.3 Å². The van der Waals surface area contributed by atoms with E-state index in [-0.39, 0.29) is 9.77 Å². The fourth-order valence-corrected chi connectivity index (χ4v) is 6.35. The van der Waals surface area contributed by atoms with E-state index in [2.05, 4.69) is 0 Å². The van der Waals surface area contributed by atoms with Crippen LogP contribution in [0.1, 0.15) is 25.7 Å². The Hall–Kier alpha value is -1.22. The molecule has 2 aromatic rings. The molecule has 3 heterocycles. The molecule has 0 spiro atoms. The maximum absolute atomic E-state index is 12.8. The lowest BCUT2D eigenvalue weighted by Gasteiger charge is -2.26. The van der Waals surface area contributed by atoms with Crippen LogP contribution in [0.3, 0.4) is 0 Å². The van der Waals surface area contributed by atoms with Crippen molar-refractivity contribution in [1.29, 1.82) is 0 Å². The molecular weight excluding hydrogens is 330 g/mol. The first kappa shape index (κ1) is 14.7. The second kappa shape index (κ2) is 5.20. The summed E-state index contributed by atoms with van der Waals surface area (Å²) in [5.74, 6) is -1.19. The zero-order valence-electron chi connectivity index (χ0n) is 11.2. The van der Waals surface area contributed by atoms with Crippen LogP contribution < -0.4 is 0 Å². The lowest BCUT2D eigenvalue weighted by molar-refractivity contribution is 0.0698. The fourth-order valence-electron chi connectivity index (χ4n) is 2.46. The van der Waals surface area contributed by atoms with Crippen molar-refractivity contribution in [3.05, 3.63) is 37.7 Å². The highest BCUT2D eigenvalue weighted by molar-refractivity contribution is 7.89. The summed E-state index contributed by atoms with van der Waals surface area (Å²) >= 11 is 2.59. The summed E-state index contributed by atoms with van der Waals surface area (Å²) in [5.41, 5.74) is 1.51. The molecule has 0 bridgehead atoms. The molecule has 1 aliphatic heterocycles. The first-order chi connectivity index (χ1) is 9.91. The summed E-state index contributed by atoms with van der Waals surface area (Å²) in [6.07, 6.45) is 0.678. The Labute approximate surface area is 130 Å². The number of aryl methyl sites for hydroxylation is 1. The molecule has 8 heteroatoms. The molecular formula is C13H13NO4S3. The van der Waals surface area contributed by atoms with Gasteiger partial charge in [0.25, 0.3) is 0 Å². The SMILES string of the molecule is Cc1csc(C(=O)O)c1S(=O)(=O)N1CCc2sccc2C1. The van der Waals surface area contributed by atoms with E-state index in [4.69, 9.17) is 0 Å². The van der Waals surface area contributed by atoms with E-state index in [0.717, 1.165) is 16.9 Å². The van der Waals surface area contributed by atoms with Crippen molar-refractivity contribution < 1.29 is 18.3 Å². The number of hydrogen-bond donors (Lipinski definition) is 1. The van der Waals surface area contributed by atoms with E-state index < -0.39 is 16.0 Å². The predicted octanol–water partition coefficient (Wildman–Crippen LogP) is 2.56. The van der Waals surface area contributed by atoms with E-state index in [1.165, 1.54) is 9.18 Å². The number of nitrogens with zero attached hydrogens (tertiary/aromatic N) is 1. The molecule has 1 N–H and O–H groups in total. The van der Waals surface area contributed by atoms with E-state index in [0.29, 0.717) is 25.1 Å². The van der Waals surface area contributed by atoms with Crippen molar-refractivity contribution in [2.75, 3.05) is 6.54 Å². The third-order valence-corrected chi connectivity index (χ3v) is 7.75. The van der Waals surface area contributed by atoms with Crippen molar-refractivity contribution >= 4 is 38.7 Å². The highest BCUT2D eigenvalue weighted by Gasteiger charge is 2.34. The second-order valence-corrected chi connectivity index (χ2v) is 8.59. The molecule has 5 nitrogen and oxygen atoms in total. The number of fused-ring (bicyclic) bond motifs is 1. The maximum atomic E-state index is 12.8. The standard InChI is InChI=1S/C13H13NO4S3/c1-8-7-20-11(13(15)16)12(8)21(17,18)14-4-2-10-9(6-14)3-5-19-10/h3,5,7H,2,4,6H2,1H3,(H,15,16). The van der Waals surface area contributed by atoms with Gasteiger partial charge < -0.3 is 5.11 Å². The monoisotopic (exact) mass is 343 g/mol. The third-order valence-electron chi connectivity index (χ3n) is 3.48. The topological polar surface area (TPSA) is 74.7 Å². The van der Waals surface area contributed by atoms with Gasteiger partial charge >= 0.3 is 5.97 Å². The van der Waals surface area contributed by atoms with Crippen LogP contribution in [0.2, 0.25) is 0 Å². The minimum absolute atomic E-state index is 0.0568. The van der Waals surface area contributed by atoms with Crippen LogP contribution in [-0.2, 0) is 23.0 Å². The lowest BCUT2D eigenvalue weighted by atomic mass is 10.1. The Morgan fingerprint density at radius 3 is 2.86 bits per heavy atom. The van der Waals surface area contributed by atoms with Crippen LogP contribution in [0, 0.1) is 6.92 Å². The van der Waals surface area contributed by atoms with E-state index in [1.54, 1.807) is 23.6 Å². The molecule has 0 aliphatic carbocycles. The number of aromatic carboxylic acids is 1. The highest BCUT2D eigenvalue weighted by Crippen LogP contribution is 2.33. The van der Waals surface area contributed by atoms with Crippen molar-refractivity contribution in [1.82, 2.24) is 4.31 Å². The molecule has 21 heavy (non-hydrogen) atoms. The summed E-state index contributed by atoms with van der Waals surface area (Å²) in [4.78, 5) is 12.3. The molecule has 0 saturated carbocycles. The number of hydrogen-bond acceptors (Lipinski definition) is 5. The van der Waals surface area contributed by atoms with Gasteiger partial charge in [0.15, 0.2) is 0 Å². The van der Waals surface area contributed by atoms with Gasteiger partial charge in [-0.25, -0.2) is 13.2 Å². The fraction of sp³-hybridized carbons (Fsp3) is 0.308. The molecule has 0 atom stereocenters. The van der Waals surface area contributed by atoms with Crippen molar-refractivity contribution in [3.63, 3.8) is 0 Å². The molecule has 0 unspecified atom stereocenters. The Morgan fingerprint density at radius 2 is 2.14 bits per heavy atom. The van der Waals surface area contributed by atoms with Gasteiger partial charge in [-0.3, -0.25) is 0 Å². The number of carboxylic acid groups (broad SMARTS) is 1. The lowest BCUT2D eigenvalue weighted by Crippen LogP contribution is -2.36. The van der Waals surface area contributed by atoms with Crippen LogP contribution in [0.4, 0.5) is 0 Å². The summed E-state index contributed by atoms with van der Waals surface area (Å²) in [7, 11) is -3.78. The second-order valence-electron chi connectivity index (χ2n) is 4.84. The molecule has 0 saturated heterocycles. The maximum Gasteiger partial charge on any atom is 0.347 e. The van der Waals surface area contributed by atoms with Crippen LogP contribution in [0.5, 0.6) is 0 Å². The molecule has 0 radical (unpaired) electrons. The minimum Gasteiger partial charge on any atom is -0.477 e. The number of carbonyl (C=O) groups is 1. The Balaban J connectivity index is 2.03. The Morgan fingerprint density at radius 1 is 1.38 bits per heavy atom. The number of sulfonamides is 1. The number of carboxylic acids is 1. The molecule has 112 valence electrons. The van der Waals surface area contributed by atoms with Gasteiger partial charge in [-0.15, -0.1) is 22.7 Å². The number of rotatable bonds is 3. The average molecular weight is 343 g/mol. The largest absolute Gasteiger partial charge is 0.477 e. The van der Waals surface area contributed by atoms with Crippen LogP contribution in [-0.4, -0.2) is 30.3 Å². The molecule has 0 fully saturated rings. The highest BCUT2D eigenvalue weighted by atomic mass is 32.2. The van der Waals surface area contributed by atoms with Crippen LogP contribution in [0.25, 0.3) is 0 Å². The van der Waals surface area contributed by atoms with E-state index in [9.17, 15) is 18.3 Å². The molecule has 2 aromatic heterocycles. The van der Waals surface area contributed by atoms with Gasteiger partial charge in [0, 0.05) is 18.0 Å². The first-order valence-electron chi connectivity index (χ1n) is 6.28. The van der Waals surface area contributed by atoms with Gasteiger partial charge in [-0.2, -0.15) is 4.31 Å². The zero-order chi connectivity index (χ0) is 15.2. The minimum atomic E-state index is -3.78. The van der Waals surface area contributed by atoms with Gasteiger partial charge in [-0.1, -0.05) is 0 Å². The first-order valence-corrected chi connectivity index (χ1v) is 9.48. The van der Waals surface area contributed by atoms with Gasteiger partial charge in [0.1, 0.15) is 9.77 Å². The van der Waals surface area contributed by atoms with E-state index in [1.807, 2.05) is 11.4 Å². The van der Waals surface area contributed by atoms with Crippen molar-refractivity contribution in [2.24, 2.45) is 0 Å². The van der Waals surface area contributed by atoms with Crippen LogP contribution in [0.15, 0.2) is 21.7 Å². The third kappa shape index (κ3) is 2.42. The quantitative estimate of drug-likeness (QED) is 0.929. The normalized spacial score (nSPS) is 15.9. The Bertz CT molecular complexity index is 803. The average Bonchev–Trinajstić information content (AvgIpc) is 3.03. The molecule has 1 aliphatic rings. The Kier molecular flexibility index (Phi) is 3.64. The molecule has 0 amide bonds. The van der Waals surface area contributed by atoms with Crippen molar-refractivity contribution in [2.45, 2.75) is 24.8 Å². The molecule has 3 rings (SSSR count). The predicted molar refractivity (Wildman–Crippen MR) is 81.6 cm³/mol. The van der Waals surface area contributed by atoms with Crippen molar-refractivity contribution in [3.8, 4) is 0 Å². The van der Waals surface area contributed by atoms with E-state index >= 15 is 0 Å². The van der Waals surface area contributed by atoms with Gasteiger partial charge in [0.2, 0.25) is 10.0 Å². The number of thiophene rings is 2. The zero-order valence-corrected chi connectivity index (χ0v) is 13.6. The molecule has 0 aromatic carbocycles. The van der Waals surface area contributed by atoms with Crippen LogP contribution >= 0.6 is 22.7 Å². The summed E-state index contributed by atoms with van der Waals surface area (Å²) in [6.45, 7) is 2.34.